The van der Waals surface area contributed by atoms with E-state index >= 15 is 0 Å². The zero-order valence-electron chi connectivity index (χ0n) is 12.2. The number of aryl methyl sites for hydroxylation is 1. The molecule has 1 unspecified atom stereocenters. The van der Waals surface area contributed by atoms with Gasteiger partial charge < -0.3 is 4.57 Å². The topological polar surface area (TPSA) is 43.3 Å². The molecule has 0 saturated heterocycles. The number of hydrogen-bond acceptors (Lipinski definition) is 1. The van der Waals surface area contributed by atoms with E-state index < -0.39 is 22.6 Å². The van der Waals surface area contributed by atoms with Gasteiger partial charge in [0.15, 0.2) is 0 Å². The molecule has 0 aliphatic rings. The second-order valence-corrected chi connectivity index (χ2v) is 6.35. The Labute approximate surface area is 133 Å². The minimum atomic E-state index is -4.35. The van der Waals surface area contributed by atoms with Gasteiger partial charge in [-0.05, 0) is 30.3 Å². The lowest BCUT2D eigenvalue weighted by molar-refractivity contribution is -0.137. The van der Waals surface area contributed by atoms with Gasteiger partial charge in [-0.1, -0.05) is 18.2 Å². The van der Waals surface area contributed by atoms with Crippen molar-refractivity contribution in [2.45, 2.75) is 11.1 Å². The highest BCUT2D eigenvalue weighted by atomic mass is 32.2. The lowest BCUT2D eigenvalue weighted by atomic mass is 10.2. The van der Waals surface area contributed by atoms with E-state index in [-0.39, 0.29) is 0 Å². The minimum Gasteiger partial charge on any atom is -0.348 e. The fourth-order valence-corrected chi connectivity index (χ4v) is 3.21. The van der Waals surface area contributed by atoms with Crippen molar-refractivity contribution in [2.75, 3.05) is 0 Å². The number of nitrogens with zero attached hydrogens (tertiary/aromatic N) is 2. The Morgan fingerprint density at radius 3 is 2.35 bits per heavy atom. The van der Waals surface area contributed by atoms with Crippen LogP contribution < -0.4 is 5.14 Å². The molecule has 0 aliphatic heterocycles. The van der Waals surface area contributed by atoms with Crippen molar-refractivity contribution in [3.63, 3.8) is 0 Å². The molecule has 120 valence electrons. The van der Waals surface area contributed by atoms with Crippen LogP contribution in [0.15, 0.2) is 64.0 Å². The van der Waals surface area contributed by atoms with Crippen LogP contribution in [-0.2, 0) is 24.1 Å². The molecule has 2 N–H and O–H groups in total. The van der Waals surface area contributed by atoms with Gasteiger partial charge in [0, 0.05) is 34.4 Å². The van der Waals surface area contributed by atoms with Crippen molar-refractivity contribution in [3.05, 3.63) is 60.3 Å². The van der Waals surface area contributed by atoms with Crippen LogP contribution in [0.1, 0.15) is 5.56 Å². The average molecular weight is 337 g/mol. The molecule has 0 radical (unpaired) electrons. The number of hydrogen-bond donors (Lipinski definition) is 1. The second-order valence-electron chi connectivity index (χ2n) is 5.07. The second kappa shape index (κ2) is 5.82. The molecule has 3 nitrogen and oxygen atoms in total. The molecule has 3 rings (SSSR count). The highest BCUT2D eigenvalue weighted by molar-refractivity contribution is 7.85. The van der Waals surface area contributed by atoms with Gasteiger partial charge in [0.2, 0.25) is 0 Å². The Morgan fingerprint density at radius 1 is 1.04 bits per heavy atom. The van der Waals surface area contributed by atoms with Gasteiger partial charge in [0.1, 0.15) is 0 Å². The van der Waals surface area contributed by atoms with Gasteiger partial charge in [-0.3, -0.25) is 5.14 Å². The Hall–Kier alpha value is -2.12. The molecule has 7 heteroatoms. The third-order valence-electron chi connectivity index (χ3n) is 3.50. The van der Waals surface area contributed by atoms with Crippen LogP contribution in [-0.4, -0.2) is 4.57 Å². The minimum absolute atomic E-state index is 0.561. The van der Waals surface area contributed by atoms with E-state index in [1.165, 1.54) is 12.1 Å². The molecule has 3 aromatic rings. The zero-order chi connectivity index (χ0) is 16.6. The fourth-order valence-electron chi connectivity index (χ4n) is 2.34. The van der Waals surface area contributed by atoms with E-state index in [1.54, 1.807) is 0 Å². The SMILES string of the molecule is Cn1cc(N=S(N)c2ccc(C(F)(F)F)cc2)c2ccccc21. The number of aromatic nitrogens is 1. The third kappa shape index (κ3) is 3.16. The van der Waals surface area contributed by atoms with Gasteiger partial charge in [0.25, 0.3) is 0 Å². The molecule has 0 fully saturated rings. The number of halogens is 3. The molecule has 0 amide bonds. The van der Waals surface area contributed by atoms with Crippen LogP contribution in [0.5, 0.6) is 0 Å². The predicted molar refractivity (Wildman–Crippen MR) is 86.3 cm³/mol. The molecule has 0 bridgehead atoms. The van der Waals surface area contributed by atoms with E-state index in [2.05, 4.69) is 4.36 Å². The normalized spacial score (nSPS) is 13.6. The maximum Gasteiger partial charge on any atom is 0.416 e. The van der Waals surface area contributed by atoms with Crippen LogP contribution in [0, 0.1) is 0 Å². The number of nitrogens with two attached hydrogens (primary N) is 1. The number of rotatable bonds is 2. The summed E-state index contributed by atoms with van der Waals surface area (Å²) >= 11 is 0. The highest BCUT2D eigenvalue weighted by Crippen LogP contribution is 2.31. The Kier molecular flexibility index (Phi) is 3.99. The summed E-state index contributed by atoms with van der Waals surface area (Å²) in [4.78, 5) is 0.561. The van der Waals surface area contributed by atoms with E-state index in [0.29, 0.717) is 4.90 Å². The quantitative estimate of drug-likeness (QED) is 0.732. The van der Waals surface area contributed by atoms with Crippen LogP contribution in [0.25, 0.3) is 10.9 Å². The number of para-hydroxylation sites is 1. The first-order valence-corrected chi connectivity index (χ1v) is 8.02. The summed E-state index contributed by atoms with van der Waals surface area (Å²) in [6.07, 6.45) is -2.49. The van der Waals surface area contributed by atoms with Crippen molar-refractivity contribution >= 4 is 27.5 Å². The molecule has 2 aromatic carbocycles. The number of benzene rings is 2. The summed E-state index contributed by atoms with van der Waals surface area (Å²) in [6.45, 7) is 0. The summed E-state index contributed by atoms with van der Waals surface area (Å²) in [5.41, 5.74) is 1.06. The first kappa shape index (κ1) is 15.8. The third-order valence-corrected chi connectivity index (χ3v) is 4.64. The van der Waals surface area contributed by atoms with Crippen molar-refractivity contribution in [1.82, 2.24) is 4.57 Å². The number of fused-ring (bicyclic) bond motifs is 1. The summed E-state index contributed by atoms with van der Waals surface area (Å²) in [7, 11) is 0.893. The van der Waals surface area contributed by atoms with Crippen LogP contribution in [0.4, 0.5) is 18.9 Å². The largest absolute Gasteiger partial charge is 0.416 e. The smallest absolute Gasteiger partial charge is 0.348 e. The van der Waals surface area contributed by atoms with E-state index in [4.69, 9.17) is 5.14 Å². The lowest BCUT2D eigenvalue weighted by Crippen LogP contribution is -2.06. The van der Waals surface area contributed by atoms with Gasteiger partial charge in [-0.15, -0.1) is 0 Å². The first-order chi connectivity index (χ1) is 10.9. The van der Waals surface area contributed by atoms with Crippen LogP contribution in [0.2, 0.25) is 0 Å². The standard InChI is InChI=1S/C16H14F3N3S/c1-22-10-14(13-4-2-3-5-15(13)22)21-23(20)12-8-6-11(7-9-12)16(17,18)19/h2-10H,1H3,(H2,20,21). The molecule has 1 atom stereocenters. The lowest BCUT2D eigenvalue weighted by Gasteiger charge is -2.07. The summed E-state index contributed by atoms with van der Waals surface area (Å²) in [5, 5.41) is 7.02. The Balaban J connectivity index is 1.98. The van der Waals surface area contributed by atoms with Crippen LogP contribution in [0.3, 0.4) is 0 Å². The summed E-state index contributed by atoms with van der Waals surface area (Å²) in [6, 6.07) is 12.6. The highest BCUT2D eigenvalue weighted by Gasteiger charge is 2.30. The maximum absolute atomic E-state index is 12.6. The predicted octanol–water partition coefficient (Wildman–Crippen LogP) is 4.56. The Bertz CT molecular complexity index is 880. The Morgan fingerprint density at radius 2 is 1.70 bits per heavy atom. The molecule has 1 aromatic heterocycles. The molecule has 1 heterocycles. The molecule has 0 aliphatic carbocycles. The monoisotopic (exact) mass is 337 g/mol. The first-order valence-electron chi connectivity index (χ1n) is 6.78. The van der Waals surface area contributed by atoms with Gasteiger partial charge in [0.05, 0.1) is 16.8 Å². The van der Waals surface area contributed by atoms with Crippen molar-refractivity contribution in [2.24, 2.45) is 16.5 Å². The summed E-state index contributed by atoms with van der Waals surface area (Å²) < 4.78 is 44.2. The van der Waals surface area contributed by atoms with E-state index in [1.807, 2.05) is 42.1 Å². The van der Waals surface area contributed by atoms with Crippen molar-refractivity contribution < 1.29 is 13.2 Å². The number of alkyl halides is 3. The average Bonchev–Trinajstić information content (AvgIpc) is 2.83. The maximum atomic E-state index is 12.6. The van der Waals surface area contributed by atoms with Crippen molar-refractivity contribution in [1.29, 1.82) is 0 Å². The van der Waals surface area contributed by atoms with Gasteiger partial charge in [-0.25, -0.2) is 4.36 Å². The molecule has 23 heavy (non-hydrogen) atoms. The summed E-state index contributed by atoms with van der Waals surface area (Å²) in [5.74, 6) is 0. The van der Waals surface area contributed by atoms with E-state index in [9.17, 15) is 13.2 Å². The van der Waals surface area contributed by atoms with Crippen LogP contribution >= 0.6 is 0 Å². The molecule has 0 spiro atoms. The fraction of sp³-hybridized carbons (Fsp3) is 0.125. The van der Waals surface area contributed by atoms with Crippen molar-refractivity contribution in [3.8, 4) is 0 Å². The molecule has 0 saturated carbocycles. The molecular weight excluding hydrogens is 323 g/mol. The molecular formula is C16H14F3N3S. The van der Waals surface area contributed by atoms with Gasteiger partial charge >= 0.3 is 6.18 Å². The van der Waals surface area contributed by atoms with E-state index in [0.717, 1.165) is 28.7 Å². The van der Waals surface area contributed by atoms with Gasteiger partial charge in [-0.2, -0.15) is 13.2 Å². The zero-order valence-corrected chi connectivity index (χ0v) is 13.0.